The molecule has 7 atom stereocenters. The Morgan fingerprint density at radius 2 is 1.90 bits per heavy atom. The summed E-state index contributed by atoms with van der Waals surface area (Å²) < 4.78 is 6.04. The van der Waals surface area contributed by atoms with Crippen LogP contribution in [0.2, 0.25) is 0 Å². The van der Waals surface area contributed by atoms with Crippen LogP contribution in [0.25, 0.3) is 0 Å². The maximum atomic E-state index is 12.4. The van der Waals surface area contributed by atoms with Gasteiger partial charge in [-0.2, -0.15) is 0 Å². The summed E-state index contributed by atoms with van der Waals surface area (Å²) in [5, 5.41) is 10.7. The van der Waals surface area contributed by atoms with Crippen LogP contribution in [0.4, 0.5) is 0 Å². The smallest absolute Gasteiger partial charge is 0.302 e. The van der Waals surface area contributed by atoms with Gasteiger partial charge in [0.15, 0.2) is 5.78 Å². The summed E-state index contributed by atoms with van der Waals surface area (Å²) >= 11 is 0. The van der Waals surface area contributed by atoms with Crippen LogP contribution in [0.1, 0.15) is 86.5 Å². The molecule has 4 rings (SSSR count). The summed E-state index contributed by atoms with van der Waals surface area (Å²) in [7, 11) is 0. The Bertz CT molecular complexity index is 836. The van der Waals surface area contributed by atoms with Gasteiger partial charge < -0.3 is 9.84 Å². The largest absolute Gasteiger partial charge is 0.462 e. The second-order valence-corrected chi connectivity index (χ2v) is 12.1. The number of aliphatic hydroxyl groups is 1. The number of ketones is 1. The number of carbonyl (C=O) groups excluding carboxylic acids is 2. The van der Waals surface area contributed by atoms with Gasteiger partial charge in [0, 0.05) is 25.2 Å². The molecule has 172 valence electrons. The third-order valence-corrected chi connectivity index (χ3v) is 9.46. The van der Waals surface area contributed by atoms with E-state index in [1.807, 2.05) is 0 Å². The van der Waals surface area contributed by atoms with Gasteiger partial charge in [-0.25, -0.2) is 0 Å². The number of Topliss-reactive ketones (excluding diaryl/α,β-unsaturated/α-hetero) is 1. The standard InChI is InChI=1S/C27H40O4/c1-16-12-21(30)19(13-20(16)29)18-8-9-23-26(5,14-18)15-22(31-17(2)28)24-25(3,4)10-7-11-27(23,24)6/h8,12,19,21-24,30H,7,9-11,13-15H2,1-6H3/t19-,21+,22+,23+,24+,26+,27+/m0/s1. The van der Waals surface area contributed by atoms with Crippen molar-refractivity contribution >= 4 is 11.8 Å². The SMILES string of the molecule is CC(=O)O[C@@H]1C[C@@]2(C)CC([C@@H]3CC(=O)C(C)=C[C@H]3O)=CC[C@H]2[C@@]2(C)CCCC(C)(C)[C@@H]12. The van der Waals surface area contributed by atoms with E-state index < -0.39 is 6.10 Å². The molecule has 0 aromatic heterocycles. The van der Waals surface area contributed by atoms with Crippen LogP contribution in [0.15, 0.2) is 23.3 Å². The van der Waals surface area contributed by atoms with Gasteiger partial charge >= 0.3 is 5.97 Å². The second kappa shape index (κ2) is 7.57. The number of hydrogen-bond donors (Lipinski definition) is 1. The molecule has 31 heavy (non-hydrogen) atoms. The molecule has 0 bridgehead atoms. The summed E-state index contributed by atoms with van der Waals surface area (Å²) in [6.07, 6.45) is 10.1. The van der Waals surface area contributed by atoms with E-state index in [2.05, 4.69) is 33.8 Å². The molecule has 0 spiro atoms. The molecule has 0 radical (unpaired) electrons. The Balaban J connectivity index is 1.70. The first-order chi connectivity index (χ1) is 14.4. The van der Waals surface area contributed by atoms with E-state index in [1.165, 1.54) is 31.8 Å². The normalized spacial score (nSPS) is 44.5. The van der Waals surface area contributed by atoms with Crippen LogP contribution in [0.5, 0.6) is 0 Å². The molecule has 1 N–H and O–H groups in total. The Hall–Kier alpha value is -1.42. The molecule has 0 aliphatic heterocycles. The third kappa shape index (κ3) is 3.73. The lowest BCUT2D eigenvalue weighted by atomic mass is 9.40. The molecular formula is C27H40O4. The van der Waals surface area contributed by atoms with Crippen molar-refractivity contribution in [1.82, 2.24) is 0 Å². The molecule has 4 aliphatic rings. The van der Waals surface area contributed by atoms with Crippen LogP contribution < -0.4 is 0 Å². The molecule has 0 aromatic rings. The Morgan fingerprint density at radius 3 is 2.58 bits per heavy atom. The van der Waals surface area contributed by atoms with Gasteiger partial charge in [-0.1, -0.05) is 45.8 Å². The molecule has 0 saturated heterocycles. The van der Waals surface area contributed by atoms with Crippen molar-refractivity contribution in [2.45, 2.75) is 98.7 Å². The number of ether oxygens (including phenoxy) is 1. The fourth-order valence-corrected chi connectivity index (χ4v) is 8.42. The number of rotatable bonds is 2. The number of esters is 1. The minimum Gasteiger partial charge on any atom is -0.462 e. The van der Waals surface area contributed by atoms with Crippen molar-refractivity contribution < 1.29 is 19.4 Å². The number of fused-ring (bicyclic) bond motifs is 3. The average molecular weight is 429 g/mol. The lowest BCUT2D eigenvalue weighted by Gasteiger charge is -2.65. The predicted molar refractivity (Wildman–Crippen MR) is 121 cm³/mol. The van der Waals surface area contributed by atoms with Gasteiger partial charge in [0.05, 0.1) is 6.10 Å². The van der Waals surface area contributed by atoms with Crippen LogP contribution in [-0.2, 0) is 14.3 Å². The molecule has 0 amide bonds. The fourth-order valence-electron chi connectivity index (χ4n) is 8.42. The zero-order valence-electron chi connectivity index (χ0n) is 20.2. The molecule has 4 nitrogen and oxygen atoms in total. The van der Waals surface area contributed by atoms with Gasteiger partial charge in [0.2, 0.25) is 0 Å². The number of hydrogen-bond acceptors (Lipinski definition) is 4. The highest BCUT2D eigenvalue weighted by Crippen LogP contribution is 2.68. The summed E-state index contributed by atoms with van der Waals surface area (Å²) in [6, 6.07) is 0. The molecule has 2 fully saturated rings. The maximum absolute atomic E-state index is 12.4. The topological polar surface area (TPSA) is 63.6 Å². The lowest BCUT2D eigenvalue weighted by Crippen LogP contribution is -2.61. The molecule has 2 saturated carbocycles. The van der Waals surface area contributed by atoms with Crippen molar-refractivity contribution in [1.29, 1.82) is 0 Å². The molecule has 0 aromatic carbocycles. The van der Waals surface area contributed by atoms with E-state index in [0.29, 0.717) is 23.8 Å². The molecule has 4 aliphatic carbocycles. The monoisotopic (exact) mass is 428 g/mol. The highest BCUT2D eigenvalue weighted by Gasteiger charge is 2.63. The van der Waals surface area contributed by atoms with E-state index in [9.17, 15) is 14.7 Å². The maximum Gasteiger partial charge on any atom is 0.302 e. The molecular weight excluding hydrogens is 388 g/mol. The quantitative estimate of drug-likeness (QED) is 0.473. The first-order valence-corrected chi connectivity index (χ1v) is 12.1. The Morgan fingerprint density at radius 1 is 1.19 bits per heavy atom. The molecule has 0 unspecified atom stereocenters. The van der Waals surface area contributed by atoms with E-state index in [4.69, 9.17) is 4.74 Å². The predicted octanol–water partition coefficient (Wildman–Crippen LogP) is 5.39. The van der Waals surface area contributed by atoms with Gasteiger partial charge in [-0.3, -0.25) is 9.59 Å². The van der Waals surface area contributed by atoms with Gasteiger partial charge in [0.1, 0.15) is 6.10 Å². The van der Waals surface area contributed by atoms with Gasteiger partial charge in [-0.05, 0) is 72.8 Å². The van der Waals surface area contributed by atoms with Gasteiger partial charge in [-0.15, -0.1) is 0 Å². The first-order valence-electron chi connectivity index (χ1n) is 12.1. The van der Waals surface area contributed by atoms with Crippen molar-refractivity contribution in [2.24, 2.45) is 34.0 Å². The van der Waals surface area contributed by atoms with Crippen molar-refractivity contribution in [2.75, 3.05) is 0 Å². The van der Waals surface area contributed by atoms with Gasteiger partial charge in [0.25, 0.3) is 0 Å². The zero-order valence-corrected chi connectivity index (χ0v) is 20.2. The van der Waals surface area contributed by atoms with Crippen molar-refractivity contribution in [3.8, 4) is 0 Å². The highest BCUT2D eigenvalue weighted by molar-refractivity contribution is 5.96. The summed E-state index contributed by atoms with van der Waals surface area (Å²) in [5.74, 6) is 0.726. The Labute approximate surface area is 187 Å². The van der Waals surface area contributed by atoms with Crippen LogP contribution in [0, 0.1) is 34.0 Å². The molecule has 0 heterocycles. The fraction of sp³-hybridized carbons (Fsp3) is 0.778. The van der Waals surface area contributed by atoms with E-state index in [0.717, 1.165) is 19.3 Å². The zero-order chi connectivity index (χ0) is 22.8. The number of carbonyl (C=O) groups is 2. The molecule has 4 heteroatoms. The minimum atomic E-state index is -0.589. The average Bonchev–Trinajstić information content (AvgIpc) is 2.62. The summed E-state index contributed by atoms with van der Waals surface area (Å²) in [5.41, 5.74) is 2.17. The van der Waals surface area contributed by atoms with Crippen molar-refractivity contribution in [3.63, 3.8) is 0 Å². The summed E-state index contributed by atoms with van der Waals surface area (Å²) in [4.78, 5) is 24.5. The van der Waals surface area contributed by atoms with E-state index in [1.54, 1.807) is 13.0 Å². The Kier molecular flexibility index (Phi) is 5.56. The van der Waals surface area contributed by atoms with Crippen molar-refractivity contribution in [3.05, 3.63) is 23.3 Å². The lowest BCUT2D eigenvalue weighted by molar-refractivity contribution is -0.205. The third-order valence-electron chi connectivity index (χ3n) is 9.46. The highest BCUT2D eigenvalue weighted by atomic mass is 16.5. The van der Waals surface area contributed by atoms with Crippen LogP contribution in [0.3, 0.4) is 0 Å². The number of aliphatic hydroxyl groups excluding tert-OH is 1. The second-order valence-electron chi connectivity index (χ2n) is 12.1. The van der Waals surface area contributed by atoms with E-state index >= 15 is 0 Å². The van der Waals surface area contributed by atoms with Crippen LogP contribution >= 0.6 is 0 Å². The number of allylic oxidation sites excluding steroid dienone is 2. The minimum absolute atomic E-state index is 0.00183. The summed E-state index contributed by atoms with van der Waals surface area (Å²) in [6.45, 7) is 12.9. The van der Waals surface area contributed by atoms with E-state index in [-0.39, 0.29) is 40.0 Å². The first kappa shape index (κ1) is 22.8. The van der Waals surface area contributed by atoms with Crippen LogP contribution in [-0.4, -0.2) is 29.1 Å².